The van der Waals surface area contributed by atoms with Crippen LogP contribution in [0.5, 0.6) is 0 Å². The zero-order valence-electron chi connectivity index (χ0n) is 10.4. The normalized spacial score (nSPS) is 35.6. The highest BCUT2D eigenvalue weighted by molar-refractivity contribution is 4.89. The molecule has 3 heteroatoms. The molecule has 3 nitrogen and oxygen atoms in total. The number of nitrogens with two attached hydrogens (primary N) is 1. The number of aliphatic hydroxyl groups excluding tert-OH is 1. The fourth-order valence-electron chi connectivity index (χ4n) is 3.02. The van der Waals surface area contributed by atoms with Crippen LogP contribution < -0.4 is 5.73 Å². The Morgan fingerprint density at radius 1 is 1.25 bits per heavy atom. The molecular formula is C13H26N2O. The molecule has 0 heterocycles. The summed E-state index contributed by atoms with van der Waals surface area (Å²) in [6.45, 7) is 4.57. The highest BCUT2D eigenvalue weighted by atomic mass is 16.3. The lowest BCUT2D eigenvalue weighted by Gasteiger charge is -2.36. The summed E-state index contributed by atoms with van der Waals surface area (Å²) in [5.41, 5.74) is 6.22. The van der Waals surface area contributed by atoms with Gasteiger partial charge in [-0.1, -0.05) is 6.92 Å². The molecule has 0 bridgehead atoms. The second-order valence-electron chi connectivity index (χ2n) is 5.79. The molecule has 2 fully saturated rings. The molecule has 0 aromatic rings. The van der Waals surface area contributed by atoms with E-state index in [9.17, 15) is 0 Å². The molecule has 16 heavy (non-hydrogen) atoms. The Kier molecular flexibility index (Phi) is 4.22. The van der Waals surface area contributed by atoms with Crippen molar-refractivity contribution in [2.24, 2.45) is 17.6 Å². The molecule has 94 valence electrons. The quantitative estimate of drug-likeness (QED) is 0.741. The minimum atomic E-state index is 0.286. The van der Waals surface area contributed by atoms with Gasteiger partial charge in [-0.25, -0.2) is 0 Å². The SMILES string of the molecule is CC1CCC(N)C(CN(CCO)C2CC2)C1. The van der Waals surface area contributed by atoms with E-state index in [1.54, 1.807) is 0 Å². The van der Waals surface area contributed by atoms with Crippen molar-refractivity contribution in [2.75, 3.05) is 19.7 Å². The number of hydrogen-bond donors (Lipinski definition) is 2. The van der Waals surface area contributed by atoms with Gasteiger partial charge in [0.2, 0.25) is 0 Å². The maximum absolute atomic E-state index is 9.09. The van der Waals surface area contributed by atoms with Gasteiger partial charge in [-0.15, -0.1) is 0 Å². The van der Waals surface area contributed by atoms with Crippen LogP contribution in [0.2, 0.25) is 0 Å². The topological polar surface area (TPSA) is 49.5 Å². The van der Waals surface area contributed by atoms with E-state index < -0.39 is 0 Å². The first kappa shape index (κ1) is 12.3. The van der Waals surface area contributed by atoms with Crippen LogP contribution in [0.1, 0.15) is 39.0 Å². The lowest BCUT2D eigenvalue weighted by Crippen LogP contribution is -2.44. The van der Waals surface area contributed by atoms with E-state index in [0.717, 1.165) is 25.0 Å². The number of aliphatic hydroxyl groups is 1. The van der Waals surface area contributed by atoms with Crippen molar-refractivity contribution in [1.82, 2.24) is 4.90 Å². The van der Waals surface area contributed by atoms with Crippen molar-refractivity contribution in [3.8, 4) is 0 Å². The molecule has 0 aliphatic heterocycles. The zero-order chi connectivity index (χ0) is 11.5. The second-order valence-corrected chi connectivity index (χ2v) is 5.79. The highest BCUT2D eigenvalue weighted by Gasteiger charge is 2.33. The van der Waals surface area contributed by atoms with Gasteiger partial charge < -0.3 is 10.8 Å². The fraction of sp³-hybridized carbons (Fsp3) is 1.00. The van der Waals surface area contributed by atoms with Gasteiger partial charge in [0.25, 0.3) is 0 Å². The average molecular weight is 226 g/mol. The van der Waals surface area contributed by atoms with Crippen LogP contribution >= 0.6 is 0 Å². The summed E-state index contributed by atoms with van der Waals surface area (Å²) in [6.07, 6.45) is 6.38. The van der Waals surface area contributed by atoms with E-state index in [2.05, 4.69) is 11.8 Å². The largest absolute Gasteiger partial charge is 0.395 e. The summed E-state index contributed by atoms with van der Waals surface area (Å²) in [5.74, 6) is 1.48. The zero-order valence-corrected chi connectivity index (χ0v) is 10.4. The van der Waals surface area contributed by atoms with E-state index in [1.165, 1.54) is 32.1 Å². The van der Waals surface area contributed by atoms with Crippen LogP contribution in [0.3, 0.4) is 0 Å². The predicted molar refractivity (Wildman–Crippen MR) is 66.2 cm³/mol. The predicted octanol–water partition coefficient (Wildman–Crippen LogP) is 1.21. The maximum Gasteiger partial charge on any atom is 0.0558 e. The van der Waals surface area contributed by atoms with Gasteiger partial charge in [0.1, 0.15) is 0 Å². The molecule has 0 spiro atoms. The second kappa shape index (κ2) is 5.48. The third-order valence-electron chi connectivity index (χ3n) is 4.22. The van der Waals surface area contributed by atoms with Crippen LogP contribution in [0.15, 0.2) is 0 Å². The van der Waals surface area contributed by atoms with Gasteiger partial charge in [-0.3, -0.25) is 4.90 Å². The molecule has 0 radical (unpaired) electrons. The Hall–Kier alpha value is -0.120. The highest BCUT2D eigenvalue weighted by Crippen LogP contribution is 2.32. The Labute approximate surface area is 99.0 Å². The molecule has 2 aliphatic rings. The number of nitrogens with zero attached hydrogens (tertiary/aromatic N) is 1. The third kappa shape index (κ3) is 3.19. The smallest absolute Gasteiger partial charge is 0.0558 e. The van der Waals surface area contributed by atoms with E-state index in [1.807, 2.05) is 0 Å². The van der Waals surface area contributed by atoms with Gasteiger partial charge in [-0.05, 0) is 43.9 Å². The molecule has 0 amide bonds. The standard InChI is InChI=1S/C13H26N2O/c1-10-2-5-13(14)11(8-10)9-15(6-7-16)12-3-4-12/h10-13,16H,2-9,14H2,1H3. The van der Waals surface area contributed by atoms with Gasteiger partial charge in [-0.2, -0.15) is 0 Å². The number of rotatable bonds is 5. The monoisotopic (exact) mass is 226 g/mol. The maximum atomic E-state index is 9.09. The van der Waals surface area contributed by atoms with Crippen molar-refractivity contribution in [3.63, 3.8) is 0 Å². The summed E-state index contributed by atoms with van der Waals surface area (Å²) in [5, 5.41) is 9.09. The molecule has 2 aliphatic carbocycles. The first-order valence-corrected chi connectivity index (χ1v) is 6.81. The molecular weight excluding hydrogens is 200 g/mol. The minimum absolute atomic E-state index is 0.286. The van der Waals surface area contributed by atoms with Crippen molar-refractivity contribution in [3.05, 3.63) is 0 Å². The molecule has 0 aromatic carbocycles. The summed E-state index contributed by atoms with van der Waals surface area (Å²) in [7, 11) is 0. The summed E-state index contributed by atoms with van der Waals surface area (Å²) < 4.78 is 0. The van der Waals surface area contributed by atoms with Crippen LogP contribution in [0.4, 0.5) is 0 Å². The molecule has 3 unspecified atom stereocenters. The third-order valence-corrected chi connectivity index (χ3v) is 4.22. The van der Waals surface area contributed by atoms with E-state index in [4.69, 9.17) is 10.8 Å². The van der Waals surface area contributed by atoms with Crippen molar-refractivity contribution < 1.29 is 5.11 Å². The van der Waals surface area contributed by atoms with E-state index >= 15 is 0 Å². The van der Waals surface area contributed by atoms with Crippen molar-refractivity contribution in [1.29, 1.82) is 0 Å². The van der Waals surface area contributed by atoms with Crippen LogP contribution in [-0.2, 0) is 0 Å². The summed E-state index contributed by atoms with van der Waals surface area (Å²) >= 11 is 0. The van der Waals surface area contributed by atoms with E-state index in [-0.39, 0.29) is 6.61 Å². The van der Waals surface area contributed by atoms with Crippen LogP contribution in [0, 0.1) is 11.8 Å². The van der Waals surface area contributed by atoms with Gasteiger partial charge in [0.15, 0.2) is 0 Å². The van der Waals surface area contributed by atoms with Crippen molar-refractivity contribution in [2.45, 2.75) is 51.1 Å². The Morgan fingerprint density at radius 3 is 2.62 bits per heavy atom. The van der Waals surface area contributed by atoms with Crippen LogP contribution in [-0.4, -0.2) is 41.8 Å². The average Bonchev–Trinajstić information content (AvgIpc) is 3.06. The Bertz CT molecular complexity index is 218. The minimum Gasteiger partial charge on any atom is -0.395 e. The van der Waals surface area contributed by atoms with Gasteiger partial charge >= 0.3 is 0 Å². The van der Waals surface area contributed by atoms with Gasteiger partial charge in [0.05, 0.1) is 6.61 Å². The Morgan fingerprint density at radius 2 is 2.00 bits per heavy atom. The first-order chi connectivity index (χ1) is 7.70. The molecule has 3 N–H and O–H groups in total. The molecule has 3 atom stereocenters. The van der Waals surface area contributed by atoms with Crippen molar-refractivity contribution >= 4 is 0 Å². The summed E-state index contributed by atoms with van der Waals surface area (Å²) in [4.78, 5) is 2.46. The Balaban J connectivity index is 1.84. The first-order valence-electron chi connectivity index (χ1n) is 6.81. The fourth-order valence-corrected chi connectivity index (χ4v) is 3.02. The molecule has 0 aromatic heterocycles. The van der Waals surface area contributed by atoms with E-state index in [0.29, 0.717) is 12.0 Å². The van der Waals surface area contributed by atoms with Gasteiger partial charge in [0, 0.05) is 25.2 Å². The lowest BCUT2D eigenvalue weighted by molar-refractivity contribution is 0.132. The summed E-state index contributed by atoms with van der Waals surface area (Å²) in [6, 6.07) is 1.13. The molecule has 0 saturated heterocycles. The molecule has 2 saturated carbocycles. The van der Waals surface area contributed by atoms with Crippen LogP contribution in [0.25, 0.3) is 0 Å². The molecule has 2 rings (SSSR count). The lowest BCUT2D eigenvalue weighted by atomic mass is 9.79. The number of hydrogen-bond acceptors (Lipinski definition) is 3.